The average molecular weight is 505 g/mol. The number of carbonyl (C=O) groups is 2. The minimum absolute atomic E-state index is 0.0265. The summed E-state index contributed by atoms with van der Waals surface area (Å²) >= 11 is 0. The highest BCUT2D eigenvalue weighted by atomic mass is 16.5. The highest BCUT2D eigenvalue weighted by Crippen LogP contribution is 2.49. The molecule has 7 heteroatoms. The number of pyridine rings is 1. The summed E-state index contributed by atoms with van der Waals surface area (Å²) in [6.45, 7) is 1.62. The van der Waals surface area contributed by atoms with Crippen LogP contribution in [0, 0.1) is 5.92 Å². The highest BCUT2D eigenvalue weighted by Gasteiger charge is 2.55. The summed E-state index contributed by atoms with van der Waals surface area (Å²) in [5.74, 6) is 1.14. The van der Waals surface area contributed by atoms with Crippen molar-refractivity contribution in [2.24, 2.45) is 5.92 Å². The number of rotatable bonds is 9. The van der Waals surface area contributed by atoms with Gasteiger partial charge < -0.3 is 14.5 Å². The van der Waals surface area contributed by atoms with Gasteiger partial charge in [0.2, 0.25) is 5.88 Å². The van der Waals surface area contributed by atoms with Crippen LogP contribution in [0.3, 0.4) is 0 Å². The lowest BCUT2D eigenvalue weighted by molar-refractivity contribution is -0.119. The number of hydrogen-bond acceptors (Lipinski definition) is 5. The molecule has 3 aliphatic rings. The standard InChI is InChI=1S/C30H40N4O3/c1-32(2)30(25-10-5-4-6-11-25)15-13-29(14-16-30)22-33(28(36)34(29)20-23-8-7-9-23)21-26(35)18-24-12-17-31-27(19-24)37-3/h4-6,10-12,17,19,23H,7-9,13-16,18,20-22H2,1-3H3. The second-order valence-corrected chi connectivity index (χ2v) is 11.5. The number of nitrogens with zero attached hydrogens (tertiary/aromatic N) is 4. The van der Waals surface area contributed by atoms with Gasteiger partial charge in [0, 0.05) is 37.3 Å². The Balaban J connectivity index is 1.33. The molecule has 0 unspecified atom stereocenters. The van der Waals surface area contributed by atoms with Gasteiger partial charge in [0.15, 0.2) is 5.78 Å². The minimum atomic E-state index is -0.193. The van der Waals surface area contributed by atoms with E-state index in [1.54, 1.807) is 19.4 Å². The third-order valence-electron chi connectivity index (χ3n) is 9.18. The smallest absolute Gasteiger partial charge is 0.321 e. The van der Waals surface area contributed by atoms with Crippen molar-refractivity contribution in [2.45, 2.75) is 62.4 Å². The van der Waals surface area contributed by atoms with Gasteiger partial charge in [-0.05, 0) is 75.7 Å². The summed E-state index contributed by atoms with van der Waals surface area (Å²) in [5.41, 5.74) is 1.99. The van der Waals surface area contributed by atoms with Crippen molar-refractivity contribution in [3.63, 3.8) is 0 Å². The second kappa shape index (κ2) is 10.4. The van der Waals surface area contributed by atoms with E-state index in [-0.39, 0.29) is 35.9 Å². The Morgan fingerprint density at radius 3 is 2.46 bits per heavy atom. The van der Waals surface area contributed by atoms with Crippen LogP contribution >= 0.6 is 0 Å². The fourth-order valence-corrected chi connectivity index (χ4v) is 6.68. The first-order valence-corrected chi connectivity index (χ1v) is 13.7. The summed E-state index contributed by atoms with van der Waals surface area (Å²) in [7, 11) is 5.92. The third-order valence-corrected chi connectivity index (χ3v) is 9.18. The maximum Gasteiger partial charge on any atom is 0.321 e. The highest BCUT2D eigenvalue weighted by molar-refractivity contribution is 5.88. The second-order valence-electron chi connectivity index (χ2n) is 11.5. The fraction of sp³-hybridized carbons (Fsp3) is 0.567. The lowest BCUT2D eigenvalue weighted by Gasteiger charge is -2.51. The van der Waals surface area contributed by atoms with Crippen molar-refractivity contribution >= 4 is 11.8 Å². The molecule has 0 bridgehead atoms. The Morgan fingerprint density at radius 2 is 1.84 bits per heavy atom. The molecule has 2 aliphatic carbocycles. The van der Waals surface area contributed by atoms with Crippen LogP contribution in [0.1, 0.15) is 56.1 Å². The van der Waals surface area contributed by atoms with E-state index in [9.17, 15) is 9.59 Å². The van der Waals surface area contributed by atoms with Crippen LogP contribution in [0.15, 0.2) is 48.7 Å². The summed E-state index contributed by atoms with van der Waals surface area (Å²) in [5, 5.41) is 0. The van der Waals surface area contributed by atoms with Crippen molar-refractivity contribution in [2.75, 3.05) is 40.8 Å². The van der Waals surface area contributed by atoms with E-state index in [2.05, 4.69) is 59.2 Å². The zero-order valence-corrected chi connectivity index (χ0v) is 22.5. The average Bonchev–Trinajstić information content (AvgIpc) is 3.12. The first-order valence-electron chi connectivity index (χ1n) is 13.7. The van der Waals surface area contributed by atoms with Crippen LogP contribution in [0.4, 0.5) is 4.79 Å². The summed E-state index contributed by atoms with van der Waals surface area (Å²) in [4.78, 5) is 37.3. The molecule has 0 radical (unpaired) electrons. The number of benzene rings is 1. The third kappa shape index (κ3) is 4.98. The van der Waals surface area contributed by atoms with Gasteiger partial charge in [-0.2, -0.15) is 0 Å². The van der Waals surface area contributed by atoms with E-state index >= 15 is 0 Å². The van der Waals surface area contributed by atoms with Gasteiger partial charge in [-0.25, -0.2) is 9.78 Å². The van der Waals surface area contributed by atoms with Crippen LogP contribution in [0.5, 0.6) is 5.88 Å². The van der Waals surface area contributed by atoms with E-state index in [0.717, 1.165) is 37.8 Å². The van der Waals surface area contributed by atoms with Crippen LogP contribution in [0.25, 0.3) is 0 Å². The van der Waals surface area contributed by atoms with Gasteiger partial charge >= 0.3 is 6.03 Å². The Morgan fingerprint density at radius 1 is 1.11 bits per heavy atom. The number of methoxy groups -OCH3 is 1. The topological polar surface area (TPSA) is 66.0 Å². The van der Waals surface area contributed by atoms with Crippen LogP contribution in [0.2, 0.25) is 0 Å². The number of ketones is 1. The molecule has 37 heavy (non-hydrogen) atoms. The van der Waals surface area contributed by atoms with Gasteiger partial charge in [0.25, 0.3) is 0 Å². The number of urea groups is 1. The number of hydrogen-bond donors (Lipinski definition) is 0. The molecule has 7 nitrogen and oxygen atoms in total. The van der Waals surface area contributed by atoms with Crippen molar-refractivity contribution < 1.29 is 14.3 Å². The Labute approximate surface area is 220 Å². The number of ether oxygens (including phenoxy) is 1. The van der Waals surface area contributed by atoms with Gasteiger partial charge in [-0.3, -0.25) is 9.69 Å². The molecule has 1 saturated heterocycles. The predicted octanol–water partition coefficient (Wildman–Crippen LogP) is 4.51. The molecule has 198 valence electrons. The molecule has 1 aromatic carbocycles. The van der Waals surface area contributed by atoms with E-state index in [1.807, 2.05) is 11.0 Å². The Hall–Kier alpha value is -2.93. The van der Waals surface area contributed by atoms with E-state index in [0.29, 0.717) is 18.3 Å². The number of carbonyl (C=O) groups excluding carboxylic acids is 2. The SMILES string of the molecule is COc1cc(CC(=O)CN2CC3(CCC(c4ccccc4)(N(C)C)CC3)N(CC3CCC3)C2=O)ccn1. The molecular formula is C30H40N4O3. The van der Waals surface area contributed by atoms with Crippen molar-refractivity contribution in [3.05, 3.63) is 59.8 Å². The number of Topliss-reactive ketones (excluding diaryl/α,β-unsaturated/α-hetero) is 1. The Kier molecular flexibility index (Phi) is 7.26. The first kappa shape index (κ1) is 25.7. The minimum Gasteiger partial charge on any atom is -0.481 e. The maximum absolute atomic E-state index is 13.8. The zero-order valence-electron chi connectivity index (χ0n) is 22.5. The number of amides is 2. The fourth-order valence-electron chi connectivity index (χ4n) is 6.68. The molecule has 1 aliphatic heterocycles. The van der Waals surface area contributed by atoms with Gasteiger partial charge in [-0.15, -0.1) is 0 Å². The molecule has 2 amide bonds. The Bertz CT molecular complexity index is 1110. The molecule has 1 aromatic heterocycles. The molecule has 0 atom stereocenters. The normalized spacial score (nSPS) is 26.1. The van der Waals surface area contributed by atoms with Crippen LogP contribution in [-0.2, 0) is 16.8 Å². The van der Waals surface area contributed by atoms with E-state index in [4.69, 9.17) is 4.74 Å². The zero-order chi connectivity index (χ0) is 26.0. The van der Waals surface area contributed by atoms with Crippen LogP contribution < -0.4 is 4.74 Å². The lowest BCUT2D eigenvalue weighted by Crippen LogP contribution is -2.56. The molecule has 1 spiro atoms. The molecular weight excluding hydrogens is 464 g/mol. The van der Waals surface area contributed by atoms with Crippen molar-refractivity contribution in [1.29, 1.82) is 0 Å². The molecule has 2 aromatic rings. The molecule has 5 rings (SSSR count). The monoisotopic (exact) mass is 504 g/mol. The molecule has 3 fully saturated rings. The summed E-state index contributed by atoms with van der Waals surface area (Å²) in [6, 6.07) is 14.5. The first-order chi connectivity index (χ1) is 17.8. The molecule has 2 saturated carbocycles. The van der Waals surface area contributed by atoms with E-state index < -0.39 is 0 Å². The van der Waals surface area contributed by atoms with Crippen molar-refractivity contribution in [3.8, 4) is 5.88 Å². The van der Waals surface area contributed by atoms with Gasteiger partial charge in [0.1, 0.15) is 0 Å². The number of aromatic nitrogens is 1. The summed E-state index contributed by atoms with van der Waals surface area (Å²) < 4.78 is 5.20. The quantitative estimate of drug-likeness (QED) is 0.503. The van der Waals surface area contributed by atoms with Crippen LogP contribution in [-0.4, -0.2) is 77.9 Å². The van der Waals surface area contributed by atoms with Gasteiger partial charge in [0.05, 0.1) is 19.2 Å². The molecule has 0 N–H and O–H groups in total. The van der Waals surface area contributed by atoms with Crippen molar-refractivity contribution in [1.82, 2.24) is 19.7 Å². The maximum atomic E-state index is 13.8. The lowest BCUT2D eigenvalue weighted by atomic mass is 9.68. The predicted molar refractivity (Wildman–Crippen MR) is 144 cm³/mol. The van der Waals surface area contributed by atoms with E-state index in [1.165, 1.54) is 24.8 Å². The van der Waals surface area contributed by atoms with Gasteiger partial charge in [-0.1, -0.05) is 36.8 Å². The largest absolute Gasteiger partial charge is 0.481 e. The summed E-state index contributed by atoms with van der Waals surface area (Å²) in [6.07, 6.45) is 9.49. The molecule has 2 heterocycles.